The van der Waals surface area contributed by atoms with Crippen molar-refractivity contribution in [2.24, 2.45) is 5.92 Å². The highest BCUT2D eigenvalue weighted by Gasteiger charge is 2.29. The van der Waals surface area contributed by atoms with Crippen molar-refractivity contribution in [3.8, 4) is 0 Å². The molecule has 2 atom stereocenters. The fourth-order valence-corrected chi connectivity index (χ4v) is 4.76. The van der Waals surface area contributed by atoms with Crippen LogP contribution in [0.4, 0.5) is 4.79 Å². The van der Waals surface area contributed by atoms with Crippen LogP contribution in [0.5, 0.6) is 0 Å². The SMILES string of the molecule is CC(C)(C)OC(=O)NCC1CCCCC1NC1CCS(=O)CC1. The van der Waals surface area contributed by atoms with E-state index in [9.17, 15) is 9.00 Å². The molecule has 23 heavy (non-hydrogen) atoms. The van der Waals surface area contributed by atoms with Crippen LogP contribution in [0.25, 0.3) is 0 Å². The highest BCUT2D eigenvalue weighted by atomic mass is 32.2. The van der Waals surface area contributed by atoms with Crippen molar-refractivity contribution in [3.05, 3.63) is 0 Å². The van der Waals surface area contributed by atoms with Crippen molar-refractivity contribution in [1.29, 1.82) is 0 Å². The van der Waals surface area contributed by atoms with Gasteiger partial charge in [0.15, 0.2) is 0 Å². The Bertz CT molecular complexity index is 413. The first-order valence-corrected chi connectivity index (χ1v) is 10.4. The minimum atomic E-state index is -0.609. The number of amides is 1. The summed E-state index contributed by atoms with van der Waals surface area (Å²) in [5.41, 5.74) is -0.452. The fourth-order valence-electron chi connectivity index (χ4n) is 3.46. The third-order valence-corrected chi connectivity index (χ3v) is 6.04. The standard InChI is InChI=1S/C17H32N2O3S/c1-17(2,3)22-16(20)18-12-13-6-4-5-7-15(13)19-14-8-10-23(21)11-9-14/h13-15,19H,4-12H2,1-3H3,(H,18,20). The molecule has 2 aliphatic rings. The largest absolute Gasteiger partial charge is 0.444 e. The van der Waals surface area contributed by atoms with Crippen LogP contribution in [0.15, 0.2) is 0 Å². The Kier molecular flexibility index (Phi) is 6.89. The smallest absolute Gasteiger partial charge is 0.407 e. The van der Waals surface area contributed by atoms with Gasteiger partial charge in [0.2, 0.25) is 0 Å². The topological polar surface area (TPSA) is 67.4 Å². The lowest BCUT2D eigenvalue weighted by Crippen LogP contribution is -2.49. The quantitative estimate of drug-likeness (QED) is 0.822. The average molecular weight is 345 g/mol. The van der Waals surface area contributed by atoms with E-state index in [-0.39, 0.29) is 6.09 Å². The maximum absolute atomic E-state index is 11.8. The Morgan fingerprint density at radius 2 is 1.78 bits per heavy atom. The summed E-state index contributed by atoms with van der Waals surface area (Å²) < 4.78 is 16.8. The molecule has 134 valence electrons. The molecule has 0 aromatic rings. The molecular weight excluding hydrogens is 312 g/mol. The van der Waals surface area contributed by atoms with Gasteiger partial charge in [-0.05, 0) is 52.4 Å². The Morgan fingerprint density at radius 1 is 1.13 bits per heavy atom. The summed E-state index contributed by atoms with van der Waals surface area (Å²) in [6.07, 6.45) is 6.49. The molecule has 2 rings (SSSR count). The van der Waals surface area contributed by atoms with E-state index in [0.29, 0.717) is 24.5 Å². The molecule has 0 spiro atoms. The van der Waals surface area contributed by atoms with E-state index in [1.165, 1.54) is 19.3 Å². The monoisotopic (exact) mass is 344 g/mol. The molecular formula is C17H32N2O3S. The van der Waals surface area contributed by atoms with Crippen molar-refractivity contribution in [2.75, 3.05) is 18.1 Å². The van der Waals surface area contributed by atoms with E-state index in [1.54, 1.807) is 0 Å². The molecule has 1 saturated carbocycles. The van der Waals surface area contributed by atoms with Gasteiger partial charge in [0, 0.05) is 40.9 Å². The molecule has 2 N–H and O–H groups in total. The number of hydrogen-bond acceptors (Lipinski definition) is 4. The van der Waals surface area contributed by atoms with Gasteiger partial charge in [-0.1, -0.05) is 12.8 Å². The third-order valence-electron chi connectivity index (χ3n) is 4.65. The molecule has 0 aromatic carbocycles. The lowest BCUT2D eigenvalue weighted by molar-refractivity contribution is 0.0509. The Morgan fingerprint density at radius 3 is 2.43 bits per heavy atom. The lowest BCUT2D eigenvalue weighted by atomic mass is 9.83. The van der Waals surface area contributed by atoms with Gasteiger partial charge < -0.3 is 15.4 Å². The third kappa shape index (κ3) is 6.79. The van der Waals surface area contributed by atoms with Crippen LogP contribution in [0.2, 0.25) is 0 Å². The molecule has 0 bridgehead atoms. The molecule has 0 radical (unpaired) electrons. The second-order valence-electron chi connectivity index (χ2n) is 7.82. The maximum atomic E-state index is 11.8. The number of rotatable bonds is 4. The second-order valence-corrected chi connectivity index (χ2v) is 9.52. The van der Waals surface area contributed by atoms with E-state index in [0.717, 1.165) is 30.8 Å². The van der Waals surface area contributed by atoms with Gasteiger partial charge in [-0.2, -0.15) is 0 Å². The maximum Gasteiger partial charge on any atom is 0.407 e. The van der Waals surface area contributed by atoms with Crippen molar-refractivity contribution < 1.29 is 13.7 Å². The predicted molar refractivity (Wildman–Crippen MR) is 94.0 cm³/mol. The number of hydrogen-bond donors (Lipinski definition) is 2. The average Bonchev–Trinajstić information content (AvgIpc) is 2.47. The van der Waals surface area contributed by atoms with Crippen LogP contribution in [0, 0.1) is 5.92 Å². The first-order valence-electron chi connectivity index (χ1n) is 8.91. The van der Waals surface area contributed by atoms with Crippen molar-refractivity contribution in [1.82, 2.24) is 10.6 Å². The zero-order valence-corrected chi connectivity index (χ0v) is 15.5. The molecule has 1 heterocycles. The van der Waals surface area contributed by atoms with Crippen LogP contribution in [0.1, 0.15) is 59.3 Å². The van der Waals surface area contributed by atoms with Crippen LogP contribution < -0.4 is 10.6 Å². The van der Waals surface area contributed by atoms with E-state index < -0.39 is 16.4 Å². The van der Waals surface area contributed by atoms with Gasteiger partial charge in [0.05, 0.1) is 0 Å². The van der Waals surface area contributed by atoms with E-state index in [4.69, 9.17) is 4.74 Å². The van der Waals surface area contributed by atoms with Crippen LogP contribution in [-0.2, 0) is 15.5 Å². The normalized spacial score (nSPS) is 32.3. The molecule has 6 heteroatoms. The van der Waals surface area contributed by atoms with Crippen molar-refractivity contribution in [3.63, 3.8) is 0 Å². The highest BCUT2D eigenvalue weighted by Crippen LogP contribution is 2.25. The van der Waals surface area contributed by atoms with Crippen LogP contribution in [0.3, 0.4) is 0 Å². The van der Waals surface area contributed by atoms with E-state index in [1.807, 2.05) is 20.8 Å². The fraction of sp³-hybridized carbons (Fsp3) is 0.941. The molecule has 2 unspecified atom stereocenters. The number of nitrogens with one attached hydrogen (secondary N) is 2. The Labute approximate surface area is 142 Å². The first kappa shape index (κ1) is 18.7. The van der Waals surface area contributed by atoms with Gasteiger partial charge in [0.25, 0.3) is 0 Å². The van der Waals surface area contributed by atoms with Gasteiger partial charge in [-0.15, -0.1) is 0 Å². The Balaban J connectivity index is 1.79. The molecule has 1 saturated heterocycles. The zero-order chi connectivity index (χ0) is 16.9. The van der Waals surface area contributed by atoms with Gasteiger partial charge in [0.1, 0.15) is 5.60 Å². The van der Waals surface area contributed by atoms with E-state index in [2.05, 4.69) is 10.6 Å². The van der Waals surface area contributed by atoms with Crippen LogP contribution in [-0.4, -0.2) is 46.0 Å². The predicted octanol–water partition coefficient (Wildman–Crippen LogP) is 2.57. The van der Waals surface area contributed by atoms with Crippen molar-refractivity contribution >= 4 is 16.9 Å². The van der Waals surface area contributed by atoms with E-state index >= 15 is 0 Å². The van der Waals surface area contributed by atoms with Gasteiger partial charge in [-0.25, -0.2) is 4.79 Å². The molecule has 0 aromatic heterocycles. The highest BCUT2D eigenvalue weighted by molar-refractivity contribution is 7.85. The summed E-state index contributed by atoms with van der Waals surface area (Å²) in [6.45, 7) is 6.31. The second kappa shape index (κ2) is 8.47. The first-order chi connectivity index (χ1) is 10.8. The molecule has 5 nitrogen and oxygen atoms in total. The van der Waals surface area contributed by atoms with Crippen LogP contribution >= 0.6 is 0 Å². The minimum Gasteiger partial charge on any atom is -0.444 e. The summed E-state index contributed by atoms with van der Waals surface area (Å²) in [5, 5.41) is 6.71. The number of carbonyl (C=O) groups is 1. The number of carbonyl (C=O) groups excluding carboxylic acids is 1. The Hall–Kier alpha value is -0.620. The summed E-state index contributed by atoms with van der Waals surface area (Å²) in [5.74, 6) is 2.11. The summed E-state index contributed by atoms with van der Waals surface area (Å²) in [7, 11) is -0.609. The van der Waals surface area contributed by atoms with Gasteiger partial charge >= 0.3 is 6.09 Å². The minimum absolute atomic E-state index is 0.324. The molecule has 1 amide bonds. The molecule has 2 fully saturated rings. The van der Waals surface area contributed by atoms with Gasteiger partial charge in [-0.3, -0.25) is 4.21 Å². The summed E-state index contributed by atoms with van der Waals surface area (Å²) in [6, 6.07) is 0.940. The number of ether oxygens (including phenoxy) is 1. The zero-order valence-electron chi connectivity index (χ0n) is 14.7. The lowest BCUT2D eigenvalue weighted by Gasteiger charge is -2.36. The summed E-state index contributed by atoms with van der Waals surface area (Å²) >= 11 is 0. The summed E-state index contributed by atoms with van der Waals surface area (Å²) in [4.78, 5) is 11.8. The molecule has 1 aliphatic heterocycles. The molecule has 1 aliphatic carbocycles. The van der Waals surface area contributed by atoms with Crippen molar-refractivity contribution in [2.45, 2.75) is 77.0 Å². The number of alkyl carbamates (subject to hydrolysis) is 1.